The molecule has 4 rings (SSSR count). The van der Waals surface area contributed by atoms with E-state index in [2.05, 4.69) is 24.3 Å². The second-order valence-electron chi connectivity index (χ2n) is 8.90. The fourth-order valence-corrected chi connectivity index (χ4v) is 5.56. The van der Waals surface area contributed by atoms with Gasteiger partial charge in [0.1, 0.15) is 6.04 Å². The molecule has 1 aromatic rings. The number of nitrogens with zero attached hydrogens (tertiary/aromatic N) is 2. The Balaban J connectivity index is 1.40. The first-order valence-electron chi connectivity index (χ1n) is 12.2. The highest BCUT2D eigenvalue weighted by molar-refractivity contribution is 7.80. The molecule has 6 nitrogen and oxygen atoms in total. The van der Waals surface area contributed by atoms with Gasteiger partial charge in [-0.05, 0) is 57.1 Å². The number of allylic oxidation sites excluding steroid dienone is 1. The minimum Gasteiger partial charge on any atom is -0.351 e. The summed E-state index contributed by atoms with van der Waals surface area (Å²) in [6.07, 6.45) is 6.09. The van der Waals surface area contributed by atoms with Gasteiger partial charge in [0.2, 0.25) is 5.91 Å². The van der Waals surface area contributed by atoms with Crippen LogP contribution in [0.25, 0.3) is 6.08 Å². The molecule has 0 N–H and O–H groups in total. The van der Waals surface area contributed by atoms with Gasteiger partial charge in [0.25, 0.3) is 5.91 Å². The quantitative estimate of drug-likeness (QED) is 0.406. The Bertz CT molecular complexity index is 925. The largest absolute Gasteiger partial charge is 0.351 e. The summed E-state index contributed by atoms with van der Waals surface area (Å²) in [6, 6.07) is 7.56. The summed E-state index contributed by atoms with van der Waals surface area (Å²) in [4.78, 5) is 31.0. The predicted molar refractivity (Wildman–Crippen MR) is 132 cm³/mol. The minimum absolute atomic E-state index is 0.00645. The van der Waals surface area contributed by atoms with Gasteiger partial charge >= 0.3 is 0 Å². The molecule has 0 spiro atoms. The molecule has 3 aliphatic rings. The molecule has 0 aromatic heterocycles. The second-order valence-corrected chi connectivity index (χ2v) is 9.43. The Morgan fingerprint density at radius 2 is 1.88 bits per heavy atom. The van der Waals surface area contributed by atoms with Crippen molar-refractivity contribution in [3.05, 3.63) is 41.0 Å². The van der Waals surface area contributed by atoms with Crippen molar-refractivity contribution < 1.29 is 19.1 Å². The monoisotopic (exact) mass is 470 g/mol. The summed E-state index contributed by atoms with van der Waals surface area (Å²) < 4.78 is 11.6. The van der Waals surface area contributed by atoms with Crippen LogP contribution in [-0.4, -0.2) is 71.2 Å². The molecule has 2 aliphatic heterocycles. The van der Waals surface area contributed by atoms with E-state index < -0.39 is 12.3 Å². The van der Waals surface area contributed by atoms with E-state index in [1.807, 2.05) is 24.8 Å². The molecule has 2 amide bonds. The lowest BCUT2D eigenvalue weighted by atomic mass is 10.1. The van der Waals surface area contributed by atoms with Gasteiger partial charge in [0, 0.05) is 37.6 Å². The van der Waals surface area contributed by atoms with Crippen LogP contribution in [0.5, 0.6) is 0 Å². The second kappa shape index (κ2) is 10.9. The van der Waals surface area contributed by atoms with Gasteiger partial charge in [-0.25, -0.2) is 0 Å². The van der Waals surface area contributed by atoms with Crippen LogP contribution in [-0.2, 0) is 25.5 Å². The number of hydrogen-bond donors (Lipinski definition) is 0. The lowest BCUT2D eigenvalue weighted by molar-refractivity contribution is -0.176. The Kier molecular flexibility index (Phi) is 7.94. The van der Waals surface area contributed by atoms with Crippen LogP contribution in [0, 0.1) is 0 Å². The third-order valence-corrected chi connectivity index (χ3v) is 7.25. The SMILES string of the molecule is CCOC(OCC)[C@@H]1CCCN1C(=O)[C@@H]1C(=S)CCN1C(=O)CCC1=Cc2ccccc2C1. The van der Waals surface area contributed by atoms with Gasteiger partial charge in [-0.2, -0.15) is 0 Å². The van der Waals surface area contributed by atoms with Crippen LogP contribution in [0.4, 0.5) is 0 Å². The molecule has 1 aliphatic carbocycles. The normalized spacial score (nSPS) is 22.3. The summed E-state index contributed by atoms with van der Waals surface area (Å²) >= 11 is 5.58. The Hall–Kier alpha value is -2.09. The Morgan fingerprint density at radius 1 is 1.12 bits per heavy atom. The summed E-state index contributed by atoms with van der Waals surface area (Å²) in [5.41, 5.74) is 3.83. The molecule has 0 bridgehead atoms. The summed E-state index contributed by atoms with van der Waals surface area (Å²) in [5, 5.41) is 0. The molecule has 2 atom stereocenters. The Labute approximate surface area is 201 Å². The van der Waals surface area contributed by atoms with Crippen LogP contribution >= 0.6 is 12.2 Å². The fourth-order valence-electron chi connectivity index (χ4n) is 5.24. The molecule has 2 fully saturated rings. The third kappa shape index (κ3) is 5.20. The summed E-state index contributed by atoms with van der Waals surface area (Å²) in [5.74, 6) is -0.0720. The maximum absolute atomic E-state index is 13.6. The molecule has 33 heavy (non-hydrogen) atoms. The number of ether oxygens (including phenoxy) is 2. The Morgan fingerprint density at radius 3 is 2.61 bits per heavy atom. The van der Waals surface area contributed by atoms with Crippen molar-refractivity contribution in [1.29, 1.82) is 0 Å². The van der Waals surface area contributed by atoms with Crippen LogP contribution in [0.3, 0.4) is 0 Å². The highest BCUT2D eigenvalue weighted by Gasteiger charge is 2.44. The number of fused-ring (bicyclic) bond motifs is 1. The lowest BCUT2D eigenvalue weighted by Crippen LogP contribution is -2.54. The molecular weight excluding hydrogens is 436 g/mol. The van der Waals surface area contributed by atoms with Crippen molar-refractivity contribution in [3.8, 4) is 0 Å². The number of hydrogen-bond acceptors (Lipinski definition) is 5. The maximum atomic E-state index is 13.6. The minimum atomic E-state index is -0.647. The maximum Gasteiger partial charge on any atom is 0.250 e. The van der Waals surface area contributed by atoms with Crippen LogP contribution in [0.1, 0.15) is 57.1 Å². The number of carbonyl (C=O) groups is 2. The number of rotatable bonds is 9. The van der Waals surface area contributed by atoms with Crippen LogP contribution in [0.15, 0.2) is 29.8 Å². The van der Waals surface area contributed by atoms with Crippen molar-refractivity contribution in [1.82, 2.24) is 9.80 Å². The van der Waals surface area contributed by atoms with E-state index in [0.717, 1.165) is 19.3 Å². The van der Waals surface area contributed by atoms with Gasteiger partial charge in [0.15, 0.2) is 6.29 Å². The zero-order valence-electron chi connectivity index (χ0n) is 19.6. The molecule has 178 valence electrons. The van der Waals surface area contributed by atoms with Crippen molar-refractivity contribution in [2.45, 2.75) is 70.7 Å². The van der Waals surface area contributed by atoms with E-state index in [4.69, 9.17) is 21.7 Å². The van der Waals surface area contributed by atoms with Gasteiger partial charge in [-0.3, -0.25) is 9.59 Å². The molecule has 1 aromatic carbocycles. The summed E-state index contributed by atoms with van der Waals surface area (Å²) in [6.45, 7) is 6.07. The average Bonchev–Trinajstić information content (AvgIpc) is 3.54. The molecular formula is C26H34N2O4S. The average molecular weight is 471 g/mol. The van der Waals surface area contributed by atoms with Crippen molar-refractivity contribution in [2.75, 3.05) is 26.3 Å². The van der Waals surface area contributed by atoms with Crippen molar-refractivity contribution >= 4 is 35.0 Å². The van der Waals surface area contributed by atoms with E-state index in [0.29, 0.717) is 50.4 Å². The molecule has 0 saturated carbocycles. The number of benzene rings is 1. The molecule has 7 heteroatoms. The van der Waals surface area contributed by atoms with Gasteiger partial charge < -0.3 is 19.3 Å². The first kappa shape index (κ1) is 24.0. The van der Waals surface area contributed by atoms with Crippen molar-refractivity contribution in [2.24, 2.45) is 0 Å². The number of carbonyl (C=O) groups excluding carboxylic acids is 2. The molecule has 2 saturated heterocycles. The number of likely N-dealkylation sites (tertiary alicyclic amines) is 2. The van der Waals surface area contributed by atoms with Crippen LogP contribution < -0.4 is 0 Å². The van der Waals surface area contributed by atoms with Crippen LogP contribution in [0.2, 0.25) is 0 Å². The topological polar surface area (TPSA) is 59.1 Å². The third-order valence-electron chi connectivity index (χ3n) is 6.82. The smallest absolute Gasteiger partial charge is 0.250 e. The van der Waals surface area contributed by atoms with E-state index in [1.165, 1.54) is 16.7 Å². The number of thiocarbonyl (C=S) groups is 1. The van der Waals surface area contributed by atoms with Gasteiger partial charge in [-0.1, -0.05) is 48.1 Å². The van der Waals surface area contributed by atoms with Gasteiger partial charge in [-0.15, -0.1) is 0 Å². The van der Waals surface area contributed by atoms with Crippen molar-refractivity contribution in [3.63, 3.8) is 0 Å². The fraction of sp³-hybridized carbons (Fsp3) is 0.577. The molecule has 2 heterocycles. The first-order valence-corrected chi connectivity index (χ1v) is 12.6. The zero-order chi connectivity index (χ0) is 23.4. The van der Waals surface area contributed by atoms with E-state index in [1.54, 1.807) is 4.90 Å². The van der Waals surface area contributed by atoms with E-state index >= 15 is 0 Å². The number of amides is 2. The van der Waals surface area contributed by atoms with E-state index in [9.17, 15) is 9.59 Å². The molecule has 0 radical (unpaired) electrons. The summed E-state index contributed by atoms with van der Waals surface area (Å²) in [7, 11) is 0. The lowest BCUT2D eigenvalue weighted by Gasteiger charge is -2.34. The molecule has 0 unspecified atom stereocenters. The van der Waals surface area contributed by atoms with E-state index in [-0.39, 0.29) is 17.9 Å². The van der Waals surface area contributed by atoms with Gasteiger partial charge in [0.05, 0.1) is 6.04 Å². The highest BCUT2D eigenvalue weighted by Crippen LogP contribution is 2.30. The standard InChI is InChI=1S/C26H34N2O4S/c1-3-31-26(32-4-2)21-10-7-14-27(21)25(30)24-22(33)13-15-28(24)23(29)12-11-18-16-19-8-5-6-9-20(19)17-18/h5-6,8-9,16,21,24,26H,3-4,7,10-15,17H2,1-2H3/t21-,24-/m0/s1. The highest BCUT2D eigenvalue weighted by atomic mass is 32.1. The predicted octanol–water partition coefficient (Wildman–Crippen LogP) is 3.77. The first-order chi connectivity index (χ1) is 16.0. The zero-order valence-corrected chi connectivity index (χ0v) is 20.4.